The lowest BCUT2D eigenvalue weighted by atomic mass is 10.1. The summed E-state index contributed by atoms with van der Waals surface area (Å²) in [5.74, 6) is 0.298. The molecule has 1 aliphatic heterocycles. The van der Waals surface area contributed by atoms with E-state index in [4.69, 9.17) is 22.5 Å². The number of rotatable bonds is 5. The Morgan fingerprint density at radius 3 is 2.76 bits per heavy atom. The van der Waals surface area contributed by atoms with Gasteiger partial charge in [0.2, 0.25) is 0 Å². The highest BCUT2D eigenvalue weighted by Crippen LogP contribution is 2.25. The summed E-state index contributed by atoms with van der Waals surface area (Å²) < 4.78 is 0. The molecule has 1 aromatic heterocycles. The first-order valence-corrected chi connectivity index (χ1v) is 7.61. The van der Waals surface area contributed by atoms with Crippen molar-refractivity contribution in [2.24, 2.45) is 10.9 Å². The first-order valence-electron chi connectivity index (χ1n) is 7.23. The lowest BCUT2D eigenvalue weighted by molar-refractivity contribution is 0.211. The normalized spacial score (nSPS) is 18.8. The molecular formula is C14H22ClN5O. The number of pyridine rings is 1. The predicted molar refractivity (Wildman–Crippen MR) is 85.1 cm³/mol. The second-order valence-corrected chi connectivity index (χ2v) is 5.59. The molecule has 1 fully saturated rings. The molecule has 2 rings (SSSR count). The van der Waals surface area contributed by atoms with Crippen molar-refractivity contribution in [1.29, 1.82) is 0 Å². The van der Waals surface area contributed by atoms with Gasteiger partial charge in [-0.15, -0.1) is 0 Å². The van der Waals surface area contributed by atoms with E-state index in [-0.39, 0.29) is 6.04 Å². The third-order valence-electron chi connectivity index (χ3n) is 3.87. The highest BCUT2D eigenvalue weighted by molar-refractivity contribution is 6.33. The van der Waals surface area contributed by atoms with Crippen molar-refractivity contribution >= 4 is 23.1 Å². The van der Waals surface area contributed by atoms with E-state index in [0.717, 1.165) is 44.7 Å². The molecule has 0 amide bonds. The van der Waals surface area contributed by atoms with Gasteiger partial charge in [-0.05, 0) is 12.5 Å². The SMILES string of the molecule is CCCC(C(N)=NO)N1CCN(c2ccncc2Cl)CC1. The Morgan fingerprint density at radius 2 is 2.19 bits per heavy atom. The van der Waals surface area contributed by atoms with Crippen LogP contribution in [0, 0.1) is 0 Å². The van der Waals surface area contributed by atoms with Crippen LogP contribution in [0.25, 0.3) is 0 Å². The molecule has 116 valence electrons. The Balaban J connectivity index is 2.01. The third kappa shape index (κ3) is 3.77. The maximum absolute atomic E-state index is 8.93. The molecule has 1 aromatic rings. The lowest BCUT2D eigenvalue weighted by Crippen LogP contribution is -2.54. The zero-order valence-electron chi connectivity index (χ0n) is 12.2. The quantitative estimate of drug-likeness (QED) is 0.375. The van der Waals surface area contributed by atoms with Crippen molar-refractivity contribution in [3.05, 3.63) is 23.5 Å². The molecule has 0 bridgehead atoms. The van der Waals surface area contributed by atoms with E-state index in [1.807, 2.05) is 6.07 Å². The summed E-state index contributed by atoms with van der Waals surface area (Å²) in [5.41, 5.74) is 6.84. The lowest BCUT2D eigenvalue weighted by Gasteiger charge is -2.39. The van der Waals surface area contributed by atoms with Crippen molar-refractivity contribution in [3.8, 4) is 0 Å². The number of nitrogens with two attached hydrogens (primary N) is 1. The summed E-state index contributed by atoms with van der Waals surface area (Å²) in [4.78, 5) is 8.53. The van der Waals surface area contributed by atoms with Crippen molar-refractivity contribution < 1.29 is 5.21 Å². The average Bonchev–Trinajstić information content (AvgIpc) is 2.53. The first-order chi connectivity index (χ1) is 10.2. The van der Waals surface area contributed by atoms with Crippen LogP contribution in [0.2, 0.25) is 5.02 Å². The van der Waals surface area contributed by atoms with Gasteiger partial charge in [0, 0.05) is 38.6 Å². The fraction of sp³-hybridized carbons (Fsp3) is 0.571. The monoisotopic (exact) mass is 311 g/mol. The van der Waals surface area contributed by atoms with Crippen molar-refractivity contribution in [2.45, 2.75) is 25.8 Å². The predicted octanol–water partition coefficient (Wildman–Crippen LogP) is 1.77. The van der Waals surface area contributed by atoms with Crippen LogP contribution in [0.1, 0.15) is 19.8 Å². The molecule has 21 heavy (non-hydrogen) atoms. The summed E-state index contributed by atoms with van der Waals surface area (Å²) in [6.07, 6.45) is 5.31. The van der Waals surface area contributed by atoms with Gasteiger partial charge >= 0.3 is 0 Å². The largest absolute Gasteiger partial charge is 0.409 e. The van der Waals surface area contributed by atoms with Crippen LogP contribution in [-0.4, -0.2) is 53.1 Å². The van der Waals surface area contributed by atoms with Crippen LogP contribution in [0.3, 0.4) is 0 Å². The van der Waals surface area contributed by atoms with Crippen molar-refractivity contribution in [3.63, 3.8) is 0 Å². The molecule has 7 heteroatoms. The standard InChI is InChI=1S/C14H22ClN5O/c1-2-3-13(14(16)18-21)20-8-6-19(7-9-20)12-4-5-17-10-11(12)15/h4-5,10,13,21H,2-3,6-9H2,1H3,(H2,16,18). The number of oxime groups is 1. The molecule has 6 nitrogen and oxygen atoms in total. The number of hydrogen-bond donors (Lipinski definition) is 2. The number of amidine groups is 1. The Morgan fingerprint density at radius 1 is 1.48 bits per heavy atom. The summed E-state index contributed by atoms with van der Waals surface area (Å²) in [6.45, 7) is 5.55. The van der Waals surface area contributed by atoms with Gasteiger partial charge in [0.25, 0.3) is 0 Å². The minimum atomic E-state index is 0.00932. The molecular weight excluding hydrogens is 290 g/mol. The van der Waals surface area contributed by atoms with Gasteiger partial charge in [0.05, 0.1) is 16.8 Å². The zero-order valence-corrected chi connectivity index (χ0v) is 13.0. The van der Waals surface area contributed by atoms with Crippen LogP contribution in [0.15, 0.2) is 23.6 Å². The van der Waals surface area contributed by atoms with Gasteiger partial charge < -0.3 is 15.8 Å². The molecule has 3 N–H and O–H groups in total. The van der Waals surface area contributed by atoms with E-state index in [9.17, 15) is 0 Å². The maximum Gasteiger partial charge on any atom is 0.156 e. The van der Waals surface area contributed by atoms with Crippen LogP contribution < -0.4 is 10.6 Å². The van der Waals surface area contributed by atoms with Crippen LogP contribution >= 0.6 is 11.6 Å². The molecule has 0 radical (unpaired) electrons. The molecule has 0 saturated carbocycles. The molecule has 0 aliphatic carbocycles. The zero-order chi connectivity index (χ0) is 15.2. The van der Waals surface area contributed by atoms with E-state index in [1.54, 1.807) is 12.4 Å². The summed E-state index contributed by atoms with van der Waals surface area (Å²) in [6, 6.07) is 1.94. The van der Waals surface area contributed by atoms with Crippen LogP contribution in [-0.2, 0) is 0 Å². The molecule has 1 atom stereocenters. The van der Waals surface area contributed by atoms with E-state index in [1.165, 1.54) is 0 Å². The highest BCUT2D eigenvalue weighted by Gasteiger charge is 2.26. The number of aromatic nitrogens is 1. The maximum atomic E-state index is 8.93. The van der Waals surface area contributed by atoms with Crippen LogP contribution in [0.4, 0.5) is 5.69 Å². The third-order valence-corrected chi connectivity index (χ3v) is 4.16. The minimum absolute atomic E-state index is 0.00932. The number of anilines is 1. The molecule has 1 saturated heterocycles. The Hall–Kier alpha value is -1.53. The molecule has 1 unspecified atom stereocenters. The van der Waals surface area contributed by atoms with E-state index in [2.05, 4.69) is 26.9 Å². The fourth-order valence-corrected chi connectivity index (χ4v) is 3.00. The fourth-order valence-electron chi connectivity index (χ4n) is 2.76. The number of piperazine rings is 1. The molecule has 1 aliphatic rings. The Kier molecular flexibility index (Phi) is 5.64. The smallest absolute Gasteiger partial charge is 0.156 e. The Bertz CT molecular complexity index is 488. The highest BCUT2D eigenvalue weighted by atomic mass is 35.5. The van der Waals surface area contributed by atoms with Gasteiger partial charge in [-0.25, -0.2) is 0 Å². The van der Waals surface area contributed by atoms with Gasteiger partial charge in [-0.1, -0.05) is 30.1 Å². The van der Waals surface area contributed by atoms with Gasteiger partial charge in [-0.3, -0.25) is 9.88 Å². The topological polar surface area (TPSA) is 78.0 Å². The minimum Gasteiger partial charge on any atom is -0.409 e. The van der Waals surface area contributed by atoms with E-state index >= 15 is 0 Å². The van der Waals surface area contributed by atoms with Crippen molar-refractivity contribution in [2.75, 3.05) is 31.1 Å². The van der Waals surface area contributed by atoms with Crippen LogP contribution in [0.5, 0.6) is 0 Å². The van der Waals surface area contributed by atoms with Crippen molar-refractivity contribution in [1.82, 2.24) is 9.88 Å². The summed E-state index contributed by atoms with van der Waals surface area (Å²) in [7, 11) is 0. The first kappa shape index (κ1) is 15.9. The Labute approximate surface area is 130 Å². The number of halogens is 1. The molecule has 0 spiro atoms. The molecule has 0 aromatic carbocycles. The summed E-state index contributed by atoms with van der Waals surface area (Å²) in [5, 5.41) is 12.8. The second-order valence-electron chi connectivity index (χ2n) is 5.18. The summed E-state index contributed by atoms with van der Waals surface area (Å²) >= 11 is 6.19. The molecule has 2 heterocycles. The number of nitrogens with zero attached hydrogens (tertiary/aromatic N) is 4. The van der Waals surface area contributed by atoms with Gasteiger partial charge in [-0.2, -0.15) is 0 Å². The second kappa shape index (κ2) is 7.47. The van der Waals surface area contributed by atoms with E-state index < -0.39 is 0 Å². The van der Waals surface area contributed by atoms with Gasteiger partial charge in [0.15, 0.2) is 5.84 Å². The number of hydrogen-bond acceptors (Lipinski definition) is 5. The van der Waals surface area contributed by atoms with Gasteiger partial charge in [0.1, 0.15) is 0 Å². The average molecular weight is 312 g/mol. The van der Waals surface area contributed by atoms with E-state index in [0.29, 0.717) is 10.9 Å².